The summed E-state index contributed by atoms with van der Waals surface area (Å²) in [4.78, 5) is 21.0. The summed E-state index contributed by atoms with van der Waals surface area (Å²) >= 11 is 0. The highest BCUT2D eigenvalue weighted by Crippen LogP contribution is 2.26. The summed E-state index contributed by atoms with van der Waals surface area (Å²) in [5.74, 6) is -2.80. The maximum absolute atomic E-state index is 13.1. The van der Waals surface area contributed by atoms with E-state index in [-0.39, 0.29) is 23.4 Å². The van der Waals surface area contributed by atoms with Gasteiger partial charge in [-0.2, -0.15) is 0 Å². The van der Waals surface area contributed by atoms with Crippen LogP contribution >= 0.6 is 0 Å². The number of benzene rings is 2. The van der Waals surface area contributed by atoms with E-state index in [0.717, 1.165) is 18.2 Å². The lowest BCUT2D eigenvalue weighted by atomic mass is 10.1. The second kappa shape index (κ2) is 6.17. The van der Waals surface area contributed by atoms with E-state index in [4.69, 9.17) is 5.11 Å². The highest BCUT2D eigenvalue weighted by Gasteiger charge is 2.17. The van der Waals surface area contributed by atoms with E-state index < -0.39 is 28.2 Å². The van der Waals surface area contributed by atoms with Gasteiger partial charge >= 0.3 is 5.97 Å². The molecule has 0 aliphatic rings. The Morgan fingerprint density at radius 2 is 1.82 bits per heavy atom. The number of nitrogens with one attached hydrogen (secondary N) is 1. The van der Waals surface area contributed by atoms with Gasteiger partial charge in [0.15, 0.2) is 0 Å². The van der Waals surface area contributed by atoms with Crippen LogP contribution in [0.15, 0.2) is 36.4 Å². The minimum absolute atomic E-state index is 0.0536. The highest BCUT2D eigenvalue weighted by molar-refractivity contribution is 5.89. The molecule has 6 nitrogen and oxygen atoms in total. The van der Waals surface area contributed by atoms with Crippen molar-refractivity contribution >= 4 is 17.3 Å². The van der Waals surface area contributed by atoms with Crippen LogP contribution in [0.3, 0.4) is 0 Å². The number of anilines is 1. The molecule has 8 heteroatoms. The predicted octanol–water partition coefficient (Wildman–Crippen LogP) is 3.18. The number of nitro benzene ring substituents is 1. The van der Waals surface area contributed by atoms with Crippen molar-refractivity contribution in [2.24, 2.45) is 0 Å². The van der Waals surface area contributed by atoms with Crippen LogP contribution in [-0.4, -0.2) is 16.0 Å². The molecule has 0 fully saturated rings. The van der Waals surface area contributed by atoms with Gasteiger partial charge < -0.3 is 10.4 Å². The van der Waals surface area contributed by atoms with Crippen molar-refractivity contribution in [3.63, 3.8) is 0 Å². The molecule has 0 spiro atoms. The number of nitrogens with zero attached hydrogens (tertiary/aromatic N) is 1. The summed E-state index contributed by atoms with van der Waals surface area (Å²) in [7, 11) is 0. The molecule has 0 aliphatic carbocycles. The number of hydrogen-bond acceptors (Lipinski definition) is 4. The number of hydrogen-bond donors (Lipinski definition) is 2. The van der Waals surface area contributed by atoms with Crippen molar-refractivity contribution in [1.29, 1.82) is 0 Å². The third kappa shape index (κ3) is 3.54. The number of carboxylic acid groups (broad SMARTS) is 1. The predicted molar refractivity (Wildman–Crippen MR) is 73.7 cm³/mol. The fraction of sp³-hybridized carbons (Fsp3) is 0.0714. The molecule has 22 heavy (non-hydrogen) atoms. The first kappa shape index (κ1) is 15.4. The smallest absolute Gasteiger partial charge is 0.335 e. The second-order valence-corrected chi connectivity index (χ2v) is 4.43. The van der Waals surface area contributed by atoms with Gasteiger partial charge in [0.2, 0.25) is 0 Å². The first-order chi connectivity index (χ1) is 10.4. The average Bonchev–Trinajstić information content (AvgIpc) is 2.43. The van der Waals surface area contributed by atoms with E-state index >= 15 is 0 Å². The van der Waals surface area contributed by atoms with Crippen LogP contribution in [0.5, 0.6) is 0 Å². The monoisotopic (exact) mass is 308 g/mol. The standard InChI is InChI=1S/C14H10F2N2O4/c15-10-3-8(4-11(16)6-10)7-17-12-2-1-9(14(19)20)5-13(12)18(21)22/h1-6,17H,7H2,(H,19,20). The molecule has 0 aliphatic heterocycles. The molecule has 2 aromatic carbocycles. The van der Waals surface area contributed by atoms with Crippen molar-refractivity contribution in [3.8, 4) is 0 Å². The molecule has 0 bridgehead atoms. The molecule has 0 amide bonds. The van der Waals surface area contributed by atoms with Crippen molar-refractivity contribution in [2.45, 2.75) is 6.54 Å². The Labute approximate surface area is 123 Å². The van der Waals surface area contributed by atoms with Crippen molar-refractivity contribution < 1.29 is 23.6 Å². The summed E-state index contributed by atoms with van der Waals surface area (Å²) in [6, 6.07) is 6.24. The largest absolute Gasteiger partial charge is 0.478 e. The minimum Gasteiger partial charge on any atom is -0.478 e. The van der Waals surface area contributed by atoms with Crippen LogP contribution in [0.2, 0.25) is 0 Å². The number of halogens is 2. The van der Waals surface area contributed by atoms with Gasteiger partial charge in [-0.05, 0) is 29.8 Å². The number of aromatic carboxylic acids is 1. The van der Waals surface area contributed by atoms with Gasteiger partial charge in [-0.3, -0.25) is 10.1 Å². The quantitative estimate of drug-likeness (QED) is 0.653. The average molecular weight is 308 g/mol. The fourth-order valence-corrected chi connectivity index (χ4v) is 1.88. The van der Waals surface area contributed by atoms with E-state index in [1.165, 1.54) is 12.1 Å². The third-order valence-corrected chi connectivity index (χ3v) is 2.85. The van der Waals surface area contributed by atoms with Gasteiger partial charge in [0.05, 0.1) is 10.5 Å². The Morgan fingerprint density at radius 3 is 2.36 bits per heavy atom. The maximum Gasteiger partial charge on any atom is 0.335 e. The Morgan fingerprint density at radius 1 is 1.18 bits per heavy atom. The van der Waals surface area contributed by atoms with Crippen LogP contribution in [0.1, 0.15) is 15.9 Å². The van der Waals surface area contributed by atoms with Crippen molar-refractivity contribution in [2.75, 3.05) is 5.32 Å². The van der Waals surface area contributed by atoms with Crippen LogP contribution in [0.25, 0.3) is 0 Å². The maximum atomic E-state index is 13.1. The van der Waals surface area contributed by atoms with E-state index in [2.05, 4.69) is 5.32 Å². The summed E-state index contributed by atoms with van der Waals surface area (Å²) in [5.41, 5.74) is -0.348. The molecular weight excluding hydrogens is 298 g/mol. The fourth-order valence-electron chi connectivity index (χ4n) is 1.88. The number of rotatable bonds is 5. The normalized spacial score (nSPS) is 10.3. The van der Waals surface area contributed by atoms with Gasteiger partial charge in [0.1, 0.15) is 17.3 Å². The Kier molecular flexibility index (Phi) is 4.31. The zero-order valence-corrected chi connectivity index (χ0v) is 11.0. The van der Waals surface area contributed by atoms with Crippen LogP contribution in [-0.2, 0) is 6.54 Å². The summed E-state index contributed by atoms with van der Waals surface area (Å²) < 4.78 is 26.1. The van der Waals surface area contributed by atoms with E-state index in [9.17, 15) is 23.7 Å². The Balaban J connectivity index is 2.25. The number of carboxylic acids is 1. The lowest BCUT2D eigenvalue weighted by Gasteiger charge is -2.08. The first-order valence-corrected chi connectivity index (χ1v) is 6.07. The van der Waals surface area contributed by atoms with E-state index in [0.29, 0.717) is 6.07 Å². The van der Waals surface area contributed by atoms with E-state index in [1.54, 1.807) is 0 Å². The van der Waals surface area contributed by atoms with Crippen molar-refractivity contribution in [1.82, 2.24) is 0 Å². The molecule has 0 heterocycles. The highest BCUT2D eigenvalue weighted by atomic mass is 19.1. The molecule has 2 rings (SSSR count). The minimum atomic E-state index is -1.29. The van der Waals surface area contributed by atoms with Crippen LogP contribution in [0.4, 0.5) is 20.2 Å². The Bertz CT molecular complexity index is 729. The molecule has 0 radical (unpaired) electrons. The first-order valence-electron chi connectivity index (χ1n) is 6.07. The summed E-state index contributed by atoms with van der Waals surface area (Å²) in [6.07, 6.45) is 0. The summed E-state index contributed by atoms with van der Waals surface area (Å²) in [5, 5.41) is 22.5. The molecular formula is C14H10F2N2O4. The molecule has 0 saturated heterocycles. The molecule has 0 aromatic heterocycles. The second-order valence-electron chi connectivity index (χ2n) is 4.43. The summed E-state index contributed by atoms with van der Waals surface area (Å²) in [6.45, 7) is -0.0536. The van der Waals surface area contributed by atoms with Crippen LogP contribution in [0, 0.1) is 21.7 Å². The topological polar surface area (TPSA) is 92.5 Å². The Hall–Kier alpha value is -3.03. The number of carbonyl (C=O) groups is 1. The van der Waals surface area contributed by atoms with E-state index in [1.807, 2.05) is 0 Å². The molecule has 2 N–H and O–H groups in total. The van der Waals surface area contributed by atoms with Gasteiger partial charge in [-0.15, -0.1) is 0 Å². The molecule has 0 saturated carbocycles. The SMILES string of the molecule is O=C(O)c1ccc(NCc2cc(F)cc(F)c2)c([N+](=O)[O-])c1. The third-order valence-electron chi connectivity index (χ3n) is 2.85. The molecule has 0 atom stereocenters. The van der Waals surface area contributed by atoms with Crippen molar-refractivity contribution in [3.05, 3.63) is 69.3 Å². The lowest BCUT2D eigenvalue weighted by molar-refractivity contribution is -0.384. The lowest BCUT2D eigenvalue weighted by Crippen LogP contribution is -2.05. The van der Waals surface area contributed by atoms with Gasteiger partial charge in [0.25, 0.3) is 5.69 Å². The zero-order valence-electron chi connectivity index (χ0n) is 11.0. The van der Waals surface area contributed by atoms with Crippen LogP contribution < -0.4 is 5.32 Å². The molecule has 2 aromatic rings. The molecule has 0 unspecified atom stereocenters. The van der Waals surface area contributed by atoms with Gasteiger partial charge in [0, 0.05) is 18.7 Å². The van der Waals surface area contributed by atoms with Gasteiger partial charge in [-0.1, -0.05) is 0 Å². The molecule has 114 valence electrons. The van der Waals surface area contributed by atoms with Gasteiger partial charge in [-0.25, -0.2) is 13.6 Å². The number of nitro groups is 1. The zero-order chi connectivity index (χ0) is 16.3.